The first-order valence-corrected chi connectivity index (χ1v) is 9.42. The van der Waals surface area contributed by atoms with E-state index in [1.54, 1.807) is 13.8 Å². The first-order chi connectivity index (χ1) is 11.6. The zero-order valence-electron chi connectivity index (χ0n) is 14.7. The monoisotopic (exact) mass is 371 g/mol. The van der Waals surface area contributed by atoms with E-state index in [2.05, 4.69) is 5.32 Å². The van der Waals surface area contributed by atoms with E-state index in [-0.39, 0.29) is 41.7 Å². The SMILES string of the molecule is COc1ccc(C(=O)NCC(C)(C)N)cc1S(=O)(=O)N1CCOCC1. The summed E-state index contributed by atoms with van der Waals surface area (Å²) in [4.78, 5) is 12.3. The minimum Gasteiger partial charge on any atom is -0.495 e. The summed E-state index contributed by atoms with van der Waals surface area (Å²) in [6.07, 6.45) is 0. The Morgan fingerprint density at radius 2 is 2.00 bits per heavy atom. The fourth-order valence-corrected chi connectivity index (χ4v) is 3.95. The molecule has 0 unspecified atom stereocenters. The molecule has 0 aromatic heterocycles. The number of ether oxygens (including phenoxy) is 2. The summed E-state index contributed by atoms with van der Waals surface area (Å²) in [6, 6.07) is 4.34. The summed E-state index contributed by atoms with van der Waals surface area (Å²) < 4.78 is 37.5. The van der Waals surface area contributed by atoms with Gasteiger partial charge in [-0.05, 0) is 32.0 Å². The third kappa shape index (κ3) is 4.91. The lowest BCUT2D eigenvalue weighted by molar-refractivity contribution is 0.0729. The Kier molecular flexibility index (Phi) is 6.04. The molecule has 1 aromatic carbocycles. The lowest BCUT2D eigenvalue weighted by atomic mass is 10.1. The Bertz CT molecular complexity index is 722. The van der Waals surface area contributed by atoms with Gasteiger partial charge in [-0.3, -0.25) is 4.79 Å². The number of nitrogens with zero attached hydrogens (tertiary/aromatic N) is 1. The van der Waals surface area contributed by atoms with Gasteiger partial charge in [0.05, 0.1) is 20.3 Å². The van der Waals surface area contributed by atoms with Crippen molar-refractivity contribution in [2.24, 2.45) is 5.73 Å². The van der Waals surface area contributed by atoms with Crippen LogP contribution in [-0.2, 0) is 14.8 Å². The molecule has 9 heteroatoms. The van der Waals surface area contributed by atoms with Crippen LogP contribution in [0.3, 0.4) is 0 Å². The van der Waals surface area contributed by atoms with Crippen LogP contribution in [0.1, 0.15) is 24.2 Å². The van der Waals surface area contributed by atoms with Crippen LogP contribution in [0.2, 0.25) is 0 Å². The van der Waals surface area contributed by atoms with Gasteiger partial charge < -0.3 is 20.5 Å². The average molecular weight is 371 g/mol. The summed E-state index contributed by atoms with van der Waals surface area (Å²) in [6.45, 7) is 5.06. The van der Waals surface area contributed by atoms with Crippen LogP contribution in [-0.4, -0.2) is 64.1 Å². The Morgan fingerprint density at radius 3 is 2.56 bits per heavy atom. The highest BCUT2D eigenvalue weighted by Gasteiger charge is 2.30. The molecule has 1 saturated heterocycles. The number of morpholine rings is 1. The molecule has 3 N–H and O–H groups in total. The van der Waals surface area contributed by atoms with Crippen LogP contribution in [0.15, 0.2) is 23.1 Å². The molecule has 2 rings (SSSR count). The number of carbonyl (C=O) groups excluding carboxylic acids is 1. The molecule has 1 aliphatic heterocycles. The zero-order valence-corrected chi connectivity index (χ0v) is 15.6. The summed E-state index contributed by atoms with van der Waals surface area (Å²) in [5.74, 6) is -0.193. The molecule has 1 fully saturated rings. The smallest absolute Gasteiger partial charge is 0.251 e. The van der Waals surface area contributed by atoms with E-state index in [9.17, 15) is 13.2 Å². The molecule has 0 radical (unpaired) electrons. The number of amides is 1. The number of rotatable bonds is 6. The Labute approximate surface area is 148 Å². The maximum Gasteiger partial charge on any atom is 0.251 e. The van der Waals surface area contributed by atoms with Gasteiger partial charge in [0.2, 0.25) is 10.0 Å². The van der Waals surface area contributed by atoms with E-state index in [1.807, 2.05) is 0 Å². The highest BCUT2D eigenvalue weighted by Crippen LogP contribution is 2.28. The molecular weight excluding hydrogens is 346 g/mol. The van der Waals surface area contributed by atoms with Crippen LogP contribution >= 0.6 is 0 Å². The predicted molar refractivity (Wildman–Crippen MR) is 93.2 cm³/mol. The average Bonchev–Trinajstić information content (AvgIpc) is 2.59. The molecule has 1 heterocycles. The third-order valence-corrected chi connectivity index (χ3v) is 5.64. The number of hydrogen-bond donors (Lipinski definition) is 2. The second-order valence-corrected chi connectivity index (χ2v) is 8.46. The van der Waals surface area contributed by atoms with Gasteiger partial charge in [0.25, 0.3) is 5.91 Å². The molecule has 0 spiro atoms. The summed E-state index contributed by atoms with van der Waals surface area (Å²) in [5, 5.41) is 2.70. The molecule has 0 atom stereocenters. The summed E-state index contributed by atoms with van der Waals surface area (Å²) in [5.41, 5.74) is 5.52. The van der Waals surface area contributed by atoms with Gasteiger partial charge in [-0.2, -0.15) is 4.31 Å². The maximum atomic E-state index is 12.9. The van der Waals surface area contributed by atoms with Crippen molar-refractivity contribution in [3.63, 3.8) is 0 Å². The molecule has 1 aromatic rings. The Balaban J connectivity index is 2.32. The van der Waals surface area contributed by atoms with Crippen molar-refractivity contribution >= 4 is 15.9 Å². The Hall–Kier alpha value is -1.68. The van der Waals surface area contributed by atoms with Crippen molar-refractivity contribution in [3.05, 3.63) is 23.8 Å². The van der Waals surface area contributed by atoms with Crippen LogP contribution < -0.4 is 15.8 Å². The summed E-state index contributed by atoms with van der Waals surface area (Å²) in [7, 11) is -2.39. The number of sulfonamides is 1. The van der Waals surface area contributed by atoms with Crippen molar-refractivity contribution in [2.75, 3.05) is 40.0 Å². The highest BCUT2D eigenvalue weighted by atomic mass is 32.2. The Morgan fingerprint density at radius 1 is 1.36 bits per heavy atom. The predicted octanol–water partition coefficient (Wildman–Crippen LogP) is 0.183. The first kappa shape index (κ1) is 19.6. The van der Waals surface area contributed by atoms with Gasteiger partial charge in [0, 0.05) is 30.7 Å². The zero-order chi connectivity index (χ0) is 18.7. The van der Waals surface area contributed by atoms with Gasteiger partial charge in [-0.15, -0.1) is 0 Å². The molecular formula is C16H25N3O5S. The van der Waals surface area contributed by atoms with Gasteiger partial charge >= 0.3 is 0 Å². The van der Waals surface area contributed by atoms with Gasteiger partial charge in [-0.1, -0.05) is 0 Å². The van der Waals surface area contributed by atoms with E-state index >= 15 is 0 Å². The first-order valence-electron chi connectivity index (χ1n) is 7.98. The largest absolute Gasteiger partial charge is 0.495 e. The molecule has 25 heavy (non-hydrogen) atoms. The maximum absolute atomic E-state index is 12.9. The molecule has 0 aliphatic carbocycles. The number of hydrogen-bond acceptors (Lipinski definition) is 6. The molecule has 140 valence electrons. The van der Waals surface area contributed by atoms with E-state index in [0.29, 0.717) is 13.2 Å². The van der Waals surface area contributed by atoms with Gasteiger partial charge in [-0.25, -0.2) is 8.42 Å². The van der Waals surface area contributed by atoms with Crippen LogP contribution in [0.25, 0.3) is 0 Å². The molecule has 1 amide bonds. The van der Waals surface area contributed by atoms with Crippen molar-refractivity contribution in [3.8, 4) is 5.75 Å². The lowest BCUT2D eigenvalue weighted by Gasteiger charge is -2.27. The standard InChI is InChI=1S/C16H25N3O5S/c1-16(2,17)11-18-15(20)12-4-5-13(23-3)14(10-12)25(21,22)19-6-8-24-9-7-19/h4-5,10H,6-9,11,17H2,1-3H3,(H,18,20). The van der Waals surface area contributed by atoms with Gasteiger partial charge in [0.1, 0.15) is 10.6 Å². The normalized spacial score (nSPS) is 16.5. The van der Waals surface area contributed by atoms with Crippen molar-refractivity contribution < 1.29 is 22.7 Å². The second kappa shape index (κ2) is 7.69. The van der Waals surface area contributed by atoms with Crippen molar-refractivity contribution in [2.45, 2.75) is 24.3 Å². The van der Waals surface area contributed by atoms with E-state index in [1.165, 1.54) is 29.6 Å². The number of nitrogens with one attached hydrogen (secondary N) is 1. The van der Waals surface area contributed by atoms with E-state index in [4.69, 9.17) is 15.2 Å². The van der Waals surface area contributed by atoms with E-state index < -0.39 is 15.6 Å². The highest BCUT2D eigenvalue weighted by molar-refractivity contribution is 7.89. The summed E-state index contributed by atoms with van der Waals surface area (Å²) >= 11 is 0. The number of methoxy groups -OCH3 is 1. The minimum absolute atomic E-state index is 0.0310. The molecule has 8 nitrogen and oxygen atoms in total. The lowest BCUT2D eigenvalue weighted by Crippen LogP contribution is -2.45. The number of carbonyl (C=O) groups is 1. The van der Waals surface area contributed by atoms with Crippen LogP contribution in [0, 0.1) is 0 Å². The molecule has 1 aliphatic rings. The topological polar surface area (TPSA) is 111 Å². The molecule has 0 saturated carbocycles. The number of benzene rings is 1. The molecule has 0 bridgehead atoms. The van der Waals surface area contributed by atoms with Crippen LogP contribution in [0.5, 0.6) is 5.75 Å². The minimum atomic E-state index is -3.78. The van der Waals surface area contributed by atoms with Crippen molar-refractivity contribution in [1.82, 2.24) is 9.62 Å². The van der Waals surface area contributed by atoms with Gasteiger partial charge in [0.15, 0.2) is 0 Å². The third-order valence-electron chi connectivity index (χ3n) is 3.72. The fourth-order valence-electron chi connectivity index (χ4n) is 2.36. The fraction of sp³-hybridized carbons (Fsp3) is 0.562. The quantitative estimate of drug-likeness (QED) is 0.738. The van der Waals surface area contributed by atoms with E-state index in [0.717, 1.165) is 0 Å². The van der Waals surface area contributed by atoms with Crippen molar-refractivity contribution in [1.29, 1.82) is 0 Å². The number of nitrogens with two attached hydrogens (primary N) is 1. The second-order valence-electron chi connectivity index (χ2n) is 6.55. The van der Waals surface area contributed by atoms with Crippen LogP contribution in [0.4, 0.5) is 0 Å².